The molecule has 0 unspecified atom stereocenters. The van der Waals surface area contributed by atoms with Crippen molar-refractivity contribution in [1.82, 2.24) is 0 Å². The van der Waals surface area contributed by atoms with E-state index in [2.05, 4.69) is 41.5 Å². The van der Waals surface area contributed by atoms with Crippen LogP contribution in [0.1, 0.15) is 119 Å². The molecule has 0 N–H and O–H groups in total. The van der Waals surface area contributed by atoms with E-state index in [1.165, 1.54) is 0 Å². The molecule has 0 aromatic rings. The van der Waals surface area contributed by atoms with Crippen LogP contribution in [0.15, 0.2) is 0 Å². The Morgan fingerprint density at radius 3 is 0.806 bits per heavy atom. The van der Waals surface area contributed by atoms with Crippen molar-refractivity contribution < 1.29 is 69.6 Å². The molecule has 0 aliphatic carbocycles. The van der Waals surface area contributed by atoms with Crippen molar-refractivity contribution in [1.29, 1.82) is 0 Å². The van der Waals surface area contributed by atoms with Crippen molar-refractivity contribution in [3.63, 3.8) is 0 Å². The molecule has 0 spiro atoms. The molecule has 0 amide bonds. The predicted molar refractivity (Wildman–Crippen MR) is 115 cm³/mol. The van der Waals surface area contributed by atoms with Gasteiger partial charge in [-0.25, -0.2) is 0 Å². The Morgan fingerprint density at radius 1 is 0.484 bits per heavy atom. The van der Waals surface area contributed by atoms with E-state index in [0.717, 1.165) is 57.8 Å². The van der Waals surface area contributed by atoms with Gasteiger partial charge in [-0.2, -0.15) is 0 Å². The van der Waals surface area contributed by atoms with E-state index in [4.69, 9.17) is 0 Å². The second-order valence-electron chi connectivity index (χ2n) is 9.03. The number of carbonyl (C=O) groups excluding carboxylic acids is 3. The van der Waals surface area contributed by atoms with E-state index >= 15 is 0 Å². The van der Waals surface area contributed by atoms with E-state index in [0.29, 0.717) is 17.8 Å². The largest absolute Gasteiger partial charge is 3.00 e. The number of carbonyl (C=O) groups is 3. The molecule has 0 saturated carbocycles. The summed E-state index contributed by atoms with van der Waals surface area (Å²) in [6.07, 6.45) is 9.31. The average molecular weight is 587 g/mol. The summed E-state index contributed by atoms with van der Waals surface area (Å²) in [7, 11) is 0. The van der Waals surface area contributed by atoms with Gasteiger partial charge in [-0.1, -0.05) is 80.1 Å². The Labute approximate surface area is 222 Å². The minimum atomic E-state index is -0.927. The first-order valence-corrected chi connectivity index (χ1v) is 11.5. The van der Waals surface area contributed by atoms with Gasteiger partial charge in [0.25, 0.3) is 0 Å². The zero-order valence-corrected chi connectivity index (χ0v) is 22.8. The van der Waals surface area contributed by atoms with Gasteiger partial charge in [0, 0.05) is 17.9 Å². The molecule has 0 atom stereocenters. The van der Waals surface area contributed by atoms with Crippen molar-refractivity contribution in [2.75, 3.05) is 0 Å². The minimum Gasteiger partial charge on any atom is -0.550 e. The first-order valence-electron chi connectivity index (χ1n) is 11.5. The summed E-state index contributed by atoms with van der Waals surface area (Å²) < 4.78 is 0. The van der Waals surface area contributed by atoms with Gasteiger partial charge in [0.15, 0.2) is 0 Å². The third kappa shape index (κ3) is 53.2. The normalized spacial score (nSPS) is 9.97. The third-order valence-electron chi connectivity index (χ3n) is 4.24. The molecular formula is C24H45GdO6. The molecule has 0 fully saturated rings. The zero-order valence-electron chi connectivity index (χ0n) is 20.5. The fourth-order valence-electron chi connectivity index (χ4n) is 2.47. The van der Waals surface area contributed by atoms with Crippen LogP contribution in [-0.4, -0.2) is 17.9 Å². The SMILES string of the molecule is CC(C)CCCCC(=O)[O-].CC(C)CCCCC(=O)[O-].CC(C)CCCCC(=O)[O-].[Gd+3]. The van der Waals surface area contributed by atoms with Crippen molar-refractivity contribution in [3.05, 3.63) is 0 Å². The van der Waals surface area contributed by atoms with Gasteiger partial charge in [-0.3, -0.25) is 0 Å². The molecule has 1 radical (unpaired) electrons. The first kappa shape index (κ1) is 38.0. The summed E-state index contributed by atoms with van der Waals surface area (Å²) in [5.41, 5.74) is 0. The Bertz CT molecular complexity index is 360. The predicted octanol–water partition coefficient (Wildman–Crippen LogP) is 2.86. The summed E-state index contributed by atoms with van der Waals surface area (Å²) in [6.45, 7) is 12.8. The number of aliphatic carboxylic acids is 3. The number of unbranched alkanes of at least 4 members (excludes halogenated alkanes) is 3. The van der Waals surface area contributed by atoms with Gasteiger partial charge >= 0.3 is 39.9 Å². The van der Waals surface area contributed by atoms with Crippen molar-refractivity contribution in [2.45, 2.75) is 119 Å². The summed E-state index contributed by atoms with van der Waals surface area (Å²) in [4.78, 5) is 29.8. The maximum Gasteiger partial charge on any atom is 3.00 e. The first-order chi connectivity index (χ1) is 13.9. The van der Waals surface area contributed by atoms with Crippen LogP contribution >= 0.6 is 0 Å². The topological polar surface area (TPSA) is 120 Å². The van der Waals surface area contributed by atoms with Gasteiger partial charge in [0.05, 0.1) is 0 Å². The van der Waals surface area contributed by atoms with Crippen LogP contribution in [0.4, 0.5) is 0 Å². The average Bonchev–Trinajstić information content (AvgIpc) is 2.60. The minimum absolute atomic E-state index is 0. The summed E-state index contributed by atoms with van der Waals surface area (Å²) in [5, 5.41) is 29.8. The fraction of sp³-hybridized carbons (Fsp3) is 0.875. The molecule has 0 aromatic heterocycles. The maximum absolute atomic E-state index is 9.93. The molecule has 0 rings (SSSR count). The van der Waals surface area contributed by atoms with Crippen LogP contribution in [0.2, 0.25) is 0 Å². The Hall–Kier alpha value is -0.265. The van der Waals surface area contributed by atoms with Crippen molar-refractivity contribution in [2.24, 2.45) is 17.8 Å². The number of hydrogen-bond donors (Lipinski definition) is 0. The van der Waals surface area contributed by atoms with Crippen LogP contribution in [0.3, 0.4) is 0 Å². The van der Waals surface area contributed by atoms with E-state index in [9.17, 15) is 29.7 Å². The smallest absolute Gasteiger partial charge is 0.550 e. The van der Waals surface area contributed by atoms with Gasteiger partial charge in [0.2, 0.25) is 0 Å². The van der Waals surface area contributed by atoms with Gasteiger partial charge in [-0.05, 0) is 56.3 Å². The van der Waals surface area contributed by atoms with Crippen LogP contribution in [0.25, 0.3) is 0 Å². The molecule has 0 aliphatic heterocycles. The quantitative estimate of drug-likeness (QED) is 0.272. The van der Waals surface area contributed by atoms with Crippen LogP contribution in [0, 0.1) is 57.7 Å². The summed E-state index contributed by atoms with van der Waals surface area (Å²) in [5.74, 6) is -0.735. The van der Waals surface area contributed by atoms with Crippen LogP contribution in [-0.2, 0) is 14.4 Å². The van der Waals surface area contributed by atoms with Gasteiger partial charge in [0.1, 0.15) is 0 Å². The third-order valence-corrected chi connectivity index (χ3v) is 4.24. The summed E-state index contributed by atoms with van der Waals surface area (Å²) >= 11 is 0. The van der Waals surface area contributed by atoms with E-state index in [1.54, 1.807) is 0 Å². The van der Waals surface area contributed by atoms with Crippen molar-refractivity contribution in [3.8, 4) is 0 Å². The molecule has 0 heterocycles. The Balaban J connectivity index is -0.000000174. The molecular weight excluding hydrogens is 542 g/mol. The Kier molecular flexibility index (Phi) is 34.1. The fourth-order valence-corrected chi connectivity index (χ4v) is 2.47. The van der Waals surface area contributed by atoms with Crippen LogP contribution in [0.5, 0.6) is 0 Å². The number of hydrogen-bond acceptors (Lipinski definition) is 6. The Morgan fingerprint density at radius 2 is 0.677 bits per heavy atom. The molecule has 0 aromatic carbocycles. The maximum atomic E-state index is 9.93. The summed E-state index contributed by atoms with van der Waals surface area (Å²) in [6, 6.07) is 0. The molecule has 0 saturated heterocycles. The monoisotopic (exact) mass is 587 g/mol. The molecule has 0 bridgehead atoms. The molecule has 7 heteroatoms. The molecule has 0 aliphatic rings. The van der Waals surface area contributed by atoms with E-state index in [-0.39, 0.29) is 59.2 Å². The van der Waals surface area contributed by atoms with E-state index in [1.807, 2.05) is 0 Å². The zero-order chi connectivity index (χ0) is 23.9. The molecule has 31 heavy (non-hydrogen) atoms. The second kappa shape index (κ2) is 27.8. The van der Waals surface area contributed by atoms with E-state index < -0.39 is 17.9 Å². The van der Waals surface area contributed by atoms with Crippen molar-refractivity contribution >= 4 is 17.9 Å². The molecule has 6 nitrogen and oxygen atoms in total. The molecule has 185 valence electrons. The second-order valence-corrected chi connectivity index (χ2v) is 9.03. The standard InChI is InChI=1S/3C8H16O2.Gd/c3*1-7(2)5-3-4-6-8(9)10;/h3*7H,3-6H2,1-2H3,(H,9,10);/q;;;+3/p-3. The van der Waals surface area contributed by atoms with Gasteiger partial charge in [-0.15, -0.1) is 0 Å². The number of rotatable bonds is 15. The van der Waals surface area contributed by atoms with Crippen LogP contribution < -0.4 is 15.3 Å². The van der Waals surface area contributed by atoms with Gasteiger partial charge < -0.3 is 29.7 Å². The number of carboxylic acid groups (broad SMARTS) is 3. The number of carboxylic acids is 3.